The minimum Gasteiger partial charge on any atom is -0.392 e. The third-order valence-electron chi connectivity index (χ3n) is 2.02. The van der Waals surface area contributed by atoms with E-state index in [0.29, 0.717) is 6.04 Å². The molecular weight excluding hydrogens is 186 g/mol. The molecule has 0 saturated heterocycles. The first kappa shape index (κ1) is 13.2. The number of aliphatic hydroxyl groups excluding tert-OH is 1. The fourth-order valence-corrected chi connectivity index (χ4v) is 1.90. The number of ether oxygens (including phenoxy) is 1. The average molecular weight is 207 g/mol. The van der Waals surface area contributed by atoms with E-state index in [1.165, 1.54) is 0 Å². The third kappa shape index (κ3) is 6.32. The standard InChI is InChI=1S/C9H21NO2S/c1-7(11)8(2)13-6-9(10-3)5-12-4/h7-11H,5-6H2,1-4H3. The molecule has 0 rings (SSSR count). The Morgan fingerprint density at radius 1 is 1.46 bits per heavy atom. The van der Waals surface area contributed by atoms with Gasteiger partial charge in [-0.05, 0) is 14.0 Å². The monoisotopic (exact) mass is 207 g/mol. The van der Waals surface area contributed by atoms with Crippen LogP contribution in [0.5, 0.6) is 0 Å². The molecular formula is C9H21NO2S. The van der Waals surface area contributed by atoms with Gasteiger partial charge in [0.05, 0.1) is 12.7 Å². The molecule has 4 heteroatoms. The molecule has 0 heterocycles. The van der Waals surface area contributed by atoms with Crippen LogP contribution in [0.1, 0.15) is 13.8 Å². The van der Waals surface area contributed by atoms with E-state index in [-0.39, 0.29) is 11.4 Å². The van der Waals surface area contributed by atoms with E-state index in [0.717, 1.165) is 12.4 Å². The second-order valence-corrected chi connectivity index (χ2v) is 4.63. The smallest absolute Gasteiger partial charge is 0.0628 e. The third-order valence-corrected chi connectivity index (χ3v) is 3.53. The highest BCUT2D eigenvalue weighted by Crippen LogP contribution is 2.15. The van der Waals surface area contributed by atoms with Crippen LogP contribution in [0.3, 0.4) is 0 Å². The van der Waals surface area contributed by atoms with E-state index in [4.69, 9.17) is 4.74 Å². The second kappa shape index (κ2) is 7.62. The zero-order valence-electron chi connectivity index (χ0n) is 8.91. The molecule has 0 amide bonds. The number of rotatable bonds is 7. The second-order valence-electron chi connectivity index (χ2n) is 3.22. The first-order valence-electron chi connectivity index (χ1n) is 4.57. The Morgan fingerprint density at radius 3 is 2.46 bits per heavy atom. The first-order valence-corrected chi connectivity index (χ1v) is 5.62. The van der Waals surface area contributed by atoms with Crippen molar-refractivity contribution in [2.45, 2.75) is 31.2 Å². The van der Waals surface area contributed by atoms with Crippen LogP contribution in [-0.2, 0) is 4.74 Å². The lowest BCUT2D eigenvalue weighted by Gasteiger charge is -2.19. The maximum atomic E-state index is 9.26. The van der Waals surface area contributed by atoms with Crippen molar-refractivity contribution in [1.29, 1.82) is 0 Å². The molecule has 0 radical (unpaired) electrons. The molecule has 0 aromatic carbocycles. The molecule has 2 N–H and O–H groups in total. The fourth-order valence-electron chi connectivity index (χ4n) is 0.823. The Morgan fingerprint density at radius 2 is 2.08 bits per heavy atom. The Kier molecular flexibility index (Phi) is 7.75. The number of aliphatic hydroxyl groups is 1. The highest BCUT2D eigenvalue weighted by Gasteiger charge is 2.12. The largest absolute Gasteiger partial charge is 0.392 e. The van der Waals surface area contributed by atoms with E-state index in [2.05, 4.69) is 5.32 Å². The van der Waals surface area contributed by atoms with E-state index in [1.807, 2.05) is 20.9 Å². The minimum absolute atomic E-state index is 0.245. The summed E-state index contributed by atoms with van der Waals surface area (Å²) < 4.78 is 5.05. The van der Waals surface area contributed by atoms with Gasteiger partial charge in [0.1, 0.15) is 0 Å². The van der Waals surface area contributed by atoms with Gasteiger partial charge in [0.25, 0.3) is 0 Å². The van der Waals surface area contributed by atoms with Gasteiger partial charge in [0, 0.05) is 24.2 Å². The maximum Gasteiger partial charge on any atom is 0.0628 e. The van der Waals surface area contributed by atoms with E-state index in [1.54, 1.807) is 18.9 Å². The van der Waals surface area contributed by atoms with Gasteiger partial charge in [-0.2, -0.15) is 11.8 Å². The Hall–Kier alpha value is 0.230. The summed E-state index contributed by atoms with van der Waals surface area (Å²) in [5.74, 6) is 0.969. The van der Waals surface area contributed by atoms with Crippen LogP contribution in [0.25, 0.3) is 0 Å². The fraction of sp³-hybridized carbons (Fsp3) is 1.00. The summed E-state index contributed by atoms with van der Waals surface area (Å²) in [6.07, 6.45) is -0.245. The van der Waals surface area contributed by atoms with Gasteiger partial charge in [0.15, 0.2) is 0 Å². The SMILES string of the molecule is CNC(COC)CSC(C)C(C)O. The molecule has 13 heavy (non-hydrogen) atoms. The molecule has 0 fully saturated rings. The molecule has 0 aromatic rings. The predicted molar refractivity (Wildman–Crippen MR) is 58.3 cm³/mol. The van der Waals surface area contributed by atoms with Crippen LogP contribution in [0.4, 0.5) is 0 Å². The topological polar surface area (TPSA) is 41.5 Å². The van der Waals surface area contributed by atoms with Gasteiger partial charge < -0.3 is 15.2 Å². The van der Waals surface area contributed by atoms with Gasteiger partial charge in [-0.3, -0.25) is 0 Å². The van der Waals surface area contributed by atoms with Crippen LogP contribution >= 0.6 is 11.8 Å². The number of nitrogens with one attached hydrogen (secondary N) is 1. The van der Waals surface area contributed by atoms with Crippen LogP contribution in [0.2, 0.25) is 0 Å². The summed E-state index contributed by atoms with van der Waals surface area (Å²) in [6.45, 7) is 4.58. The summed E-state index contributed by atoms with van der Waals surface area (Å²) in [5, 5.41) is 12.7. The van der Waals surface area contributed by atoms with Gasteiger partial charge in [-0.15, -0.1) is 0 Å². The maximum absolute atomic E-state index is 9.26. The molecule has 0 bridgehead atoms. The van der Waals surface area contributed by atoms with Crippen LogP contribution in [0, 0.1) is 0 Å². The summed E-state index contributed by atoms with van der Waals surface area (Å²) in [6, 6.07) is 0.371. The number of likely N-dealkylation sites (N-methyl/N-ethyl adjacent to an activating group) is 1. The molecule has 0 aliphatic heterocycles. The lowest BCUT2D eigenvalue weighted by molar-refractivity contribution is 0.176. The highest BCUT2D eigenvalue weighted by molar-refractivity contribution is 7.99. The van der Waals surface area contributed by atoms with Gasteiger partial charge in [0.2, 0.25) is 0 Å². The van der Waals surface area contributed by atoms with Crippen LogP contribution in [-0.4, -0.2) is 49.0 Å². The number of hydrogen-bond acceptors (Lipinski definition) is 4. The quantitative estimate of drug-likeness (QED) is 0.645. The highest BCUT2D eigenvalue weighted by atomic mass is 32.2. The molecule has 0 aromatic heterocycles. The normalized spacial score (nSPS) is 18.2. The summed E-state index contributed by atoms with van der Waals surface area (Å²) >= 11 is 1.76. The van der Waals surface area contributed by atoms with Crippen molar-refractivity contribution in [1.82, 2.24) is 5.32 Å². The van der Waals surface area contributed by atoms with Crippen molar-refractivity contribution in [2.75, 3.05) is 26.5 Å². The van der Waals surface area contributed by atoms with Crippen molar-refractivity contribution >= 4 is 11.8 Å². The molecule has 0 aliphatic carbocycles. The summed E-state index contributed by atoms with van der Waals surface area (Å²) in [4.78, 5) is 0. The Labute approximate surface area is 85.2 Å². The lowest BCUT2D eigenvalue weighted by atomic mass is 10.3. The van der Waals surface area contributed by atoms with Gasteiger partial charge in [-0.25, -0.2) is 0 Å². The molecule has 0 spiro atoms. The van der Waals surface area contributed by atoms with Crippen molar-refractivity contribution in [3.05, 3.63) is 0 Å². The first-order chi connectivity index (χ1) is 6.11. The van der Waals surface area contributed by atoms with Crippen molar-refractivity contribution in [2.24, 2.45) is 0 Å². The number of hydrogen-bond donors (Lipinski definition) is 2. The van der Waals surface area contributed by atoms with Crippen molar-refractivity contribution in [3.63, 3.8) is 0 Å². The molecule has 0 saturated carbocycles. The molecule has 3 atom stereocenters. The van der Waals surface area contributed by atoms with Crippen molar-refractivity contribution in [3.8, 4) is 0 Å². The van der Waals surface area contributed by atoms with Gasteiger partial charge in [-0.1, -0.05) is 6.92 Å². The molecule has 0 aliphatic rings. The molecule has 80 valence electrons. The summed E-state index contributed by atoms with van der Waals surface area (Å²) in [7, 11) is 3.63. The zero-order valence-corrected chi connectivity index (χ0v) is 9.73. The Balaban J connectivity index is 3.58. The predicted octanol–water partition coefficient (Wildman–Crippen LogP) is 0.723. The minimum atomic E-state index is -0.245. The Bertz CT molecular complexity index is 122. The lowest BCUT2D eigenvalue weighted by Crippen LogP contribution is -2.33. The average Bonchev–Trinajstić information content (AvgIpc) is 2.11. The van der Waals surface area contributed by atoms with Crippen LogP contribution < -0.4 is 5.32 Å². The number of thioether (sulfide) groups is 1. The van der Waals surface area contributed by atoms with E-state index < -0.39 is 0 Å². The molecule has 3 unspecified atom stereocenters. The molecule has 3 nitrogen and oxygen atoms in total. The van der Waals surface area contributed by atoms with E-state index in [9.17, 15) is 5.11 Å². The zero-order chi connectivity index (χ0) is 10.3. The van der Waals surface area contributed by atoms with Gasteiger partial charge >= 0.3 is 0 Å². The summed E-state index contributed by atoms with van der Waals surface area (Å²) in [5.41, 5.74) is 0. The number of methoxy groups -OCH3 is 1. The van der Waals surface area contributed by atoms with E-state index >= 15 is 0 Å². The van der Waals surface area contributed by atoms with Crippen LogP contribution in [0.15, 0.2) is 0 Å². The van der Waals surface area contributed by atoms with Crippen molar-refractivity contribution < 1.29 is 9.84 Å².